The normalized spacial score (nSPS) is 15.5. The van der Waals surface area contributed by atoms with Crippen LogP contribution in [0.4, 0.5) is 5.69 Å². The molecule has 4 heteroatoms. The number of hydrogen-bond donors (Lipinski definition) is 1. The third-order valence-electron chi connectivity index (χ3n) is 5.87. The average molecular weight is 363 g/mol. The molecule has 1 aliphatic heterocycles. The van der Waals surface area contributed by atoms with Crippen molar-refractivity contribution in [2.45, 2.75) is 46.1 Å². The molecule has 2 heterocycles. The zero-order valence-corrected chi connectivity index (χ0v) is 16.5. The van der Waals surface area contributed by atoms with Crippen LogP contribution in [-0.2, 0) is 13.0 Å². The standard InChI is InChI=1S/C23H30N4/c1-17-14-21-22(15-18(17)2)27(13-12-26-10-4-3-5-11-26)23(25-21)16-19-6-8-20(24)9-7-19/h6-9,14-15H,3-5,10-13,16,24H2,1-2H3. The van der Waals surface area contributed by atoms with E-state index < -0.39 is 0 Å². The molecule has 1 aliphatic rings. The quantitative estimate of drug-likeness (QED) is 0.688. The van der Waals surface area contributed by atoms with Crippen molar-refractivity contribution < 1.29 is 0 Å². The summed E-state index contributed by atoms with van der Waals surface area (Å²) in [5.41, 5.74) is 12.9. The van der Waals surface area contributed by atoms with Crippen molar-refractivity contribution in [2.75, 3.05) is 25.4 Å². The number of rotatable bonds is 5. The van der Waals surface area contributed by atoms with Crippen molar-refractivity contribution in [2.24, 2.45) is 0 Å². The van der Waals surface area contributed by atoms with Crippen LogP contribution in [0, 0.1) is 13.8 Å². The minimum Gasteiger partial charge on any atom is -0.399 e. The van der Waals surface area contributed by atoms with Crippen LogP contribution in [0.5, 0.6) is 0 Å². The van der Waals surface area contributed by atoms with Crippen LogP contribution < -0.4 is 5.73 Å². The monoisotopic (exact) mass is 362 g/mol. The smallest absolute Gasteiger partial charge is 0.114 e. The maximum absolute atomic E-state index is 5.85. The van der Waals surface area contributed by atoms with E-state index in [-0.39, 0.29) is 0 Å². The molecule has 1 fully saturated rings. The van der Waals surface area contributed by atoms with Gasteiger partial charge in [0.05, 0.1) is 11.0 Å². The fourth-order valence-electron chi connectivity index (χ4n) is 4.06. The van der Waals surface area contributed by atoms with Gasteiger partial charge in [0, 0.05) is 25.2 Å². The molecule has 142 valence electrons. The first-order valence-electron chi connectivity index (χ1n) is 10.1. The second-order valence-corrected chi connectivity index (χ2v) is 7.93. The number of nitrogens with two attached hydrogens (primary N) is 1. The molecule has 0 amide bonds. The van der Waals surface area contributed by atoms with E-state index in [1.54, 1.807) is 0 Å². The molecular formula is C23H30N4. The molecule has 0 saturated carbocycles. The Balaban J connectivity index is 1.66. The number of aromatic nitrogens is 2. The van der Waals surface area contributed by atoms with E-state index >= 15 is 0 Å². The Morgan fingerprint density at radius 1 is 0.926 bits per heavy atom. The first-order valence-corrected chi connectivity index (χ1v) is 10.1. The van der Waals surface area contributed by atoms with Crippen LogP contribution in [0.25, 0.3) is 11.0 Å². The average Bonchev–Trinajstić information content (AvgIpc) is 2.99. The first kappa shape index (κ1) is 18.1. The van der Waals surface area contributed by atoms with E-state index in [0.29, 0.717) is 0 Å². The maximum Gasteiger partial charge on any atom is 0.114 e. The highest BCUT2D eigenvalue weighted by Crippen LogP contribution is 2.23. The topological polar surface area (TPSA) is 47.1 Å². The molecule has 2 N–H and O–H groups in total. The van der Waals surface area contributed by atoms with Crippen LogP contribution in [0.2, 0.25) is 0 Å². The number of fused-ring (bicyclic) bond motifs is 1. The van der Waals surface area contributed by atoms with Gasteiger partial charge in [-0.1, -0.05) is 18.6 Å². The maximum atomic E-state index is 5.85. The number of anilines is 1. The number of piperidine rings is 1. The van der Waals surface area contributed by atoms with Crippen molar-refractivity contribution >= 4 is 16.7 Å². The van der Waals surface area contributed by atoms with Gasteiger partial charge >= 0.3 is 0 Å². The van der Waals surface area contributed by atoms with Crippen molar-refractivity contribution in [1.29, 1.82) is 0 Å². The molecule has 0 spiro atoms. The molecule has 0 unspecified atom stereocenters. The summed E-state index contributed by atoms with van der Waals surface area (Å²) in [6.07, 6.45) is 4.89. The van der Waals surface area contributed by atoms with Gasteiger partial charge in [-0.05, 0) is 80.7 Å². The molecule has 1 aromatic heterocycles. The lowest BCUT2D eigenvalue weighted by Crippen LogP contribution is -2.32. The van der Waals surface area contributed by atoms with E-state index in [2.05, 4.69) is 47.6 Å². The second kappa shape index (κ2) is 7.73. The van der Waals surface area contributed by atoms with Crippen LogP contribution in [0.3, 0.4) is 0 Å². The summed E-state index contributed by atoms with van der Waals surface area (Å²) in [6, 6.07) is 12.7. The van der Waals surface area contributed by atoms with Crippen LogP contribution >= 0.6 is 0 Å². The lowest BCUT2D eigenvalue weighted by atomic mass is 10.1. The predicted molar refractivity (Wildman–Crippen MR) is 113 cm³/mol. The summed E-state index contributed by atoms with van der Waals surface area (Å²) in [4.78, 5) is 7.61. The highest BCUT2D eigenvalue weighted by molar-refractivity contribution is 5.78. The van der Waals surface area contributed by atoms with Gasteiger partial charge in [0.15, 0.2) is 0 Å². The lowest BCUT2D eigenvalue weighted by Gasteiger charge is -2.26. The fourth-order valence-corrected chi connectivity index (χ4v) is 4.06. The highest BCUT2D eigenvalue weighted by atomic mass is 15.2. The largest absolute Gasteiger partial charge is 0.399 e. The molecule has 0 bridgehead atoms. The summed E-state index contributed by atoms with van der Waals surface area (Å²) in [5, 5.41) is 0. The van der Waals surface area contributed by atoms with Gasteiger partial charge in [-0.2, -0.15) is 0 Å². The summed E-state index contributed by atoms with van der Waals surface area (Å²) < 4.78 is 2.44. The predicted octanol–water partition coefficient (Wildman–Crippen LogP) is 4.31. The van der Waals surface area contributed by atoms with Gasteiger partial charge in [-0.25, -0.2) is 4.98 Å². The highest BCUT2D eigenvalue weighted by Gasteiger charge is 2.15. The zero-order valence-electron chi connectivity index (χ0n) is 16.5. The third kappa shape index (κ3) is 4.01. The molecule has 4 nitrogen and oxygen atoms in total. The summed E-state index contributed by atoms with van der Waals surface area (Å²) in [7, 11) is 0. The third-order valence-corrected chi connectivity index (χ3v) is 5.87. The van der Waals surface area contributed by atoms with Crippen molar-refractivity contribution in [1.82, 2.24) is 14.5 Å². The minimum atomic E-state index is 0.809. The summed E-state index contributed by atoms with van der Waals surface area (Å²) in [5.74, 6) is 1.15. The van der Waals surface area contributed by atoms with E-state index in [9.17, 15) is 0 Å². The molecule has 4 rings (SSSR count). The molecule has 0 atom stereocenters. The first-order chi connectivity index (χ1) is 13.1. The molecule has 2 aromatic carbocycles. The Labute approximate surface area is 162 Å². The zero-order chi connectivity index (χ0) is 18.8. The Bertz CT molecular complexity index is 918. The number of nitrogen functional groups attached to an aromatic ring is 1. The molecule has 0 radical (unpaired) electrons. The molecule has 0 aliphatic carbocycles. The summed E-state index contributed by atoms with van der Waals surface area (Å²) in [6.45, 7) is 8.93. The van der Waals surface area contributed by atoms with Gasteiger partial charge in [0.1, 0.15) is 5.82 Å². The number of likely N-dealkylation sites (tertiary alicyclic amines) is 1. The number of aryl methyl sites for hydroxylation is 2. The Kier molecular flexibility index (Phi) is 5.17. The van der Waals surface area contributed by atoms with E-state index in [1.807, 2.05) is 12.1 Å². The van der Waals surface area contributed by atoms with Gasteiger partial charge < -0.3 is 15.2 Å². The van der Waals surface area contributed by atoms with Crippen molar-refractivity contribution in [3.8, 4) is 0 Å². The number of nitrogens with zero attached hydrogens (tertiary/aromatic N) is 3. The molecule has 1 saturated heterocycles. The fraction of sp³-hybridized carbons (Fsp3) is 0.435. The second-order valence-electron chi connectivity index (χ2n) is 7.93. The number of hydrogen-bond acceptors (Lipinski definition) is 3. The Morgan fingerprint density at radius 2 is 1.63 bits per heavy atom. The van der Waals surface area contributed by atoms with Crippen LogP contribution in [0.15, 0.2) is 36.4 Å². The molecule has 3 aromatic rings. The van der Waals surface area contributed by atoms with Gasteiger partial charge in [-0.15, -0.1) is 0 Å². The number of imidazole rings is 1. The number of benzene rings is 2. The Morgan fingerprint density at radius 3 is 2.37 bits per heavy atom. The molecule has 27 heavy (non-hydrogen) atoms. The lowest BCUT2D eigenvalue weighted by molar-refractivity contribution is 0.221. The van der Waals surface area contributed by atoms with Gasteiger partial charge in [-0.3, -0.25) is 0 Å². The van der Waals surface area contributed by atoms with Gasteiger partial charge in [0.2, 0.25) is 0 Å². The minimum absolute atomic E-state index is 0.809. The SMILES string of the molecule is Cc1cc2nc(Cc3ccc(N)cc3)n(CCN3CCCCC3)c2cc1C. The van der Waals surface area contributed by atoms with E-state index in [4.69, 9.17) is 10.7 Å². The van der Waals surface area contributed by atoms with E-state index in [1.165, 1.54) is 54.6 Å². The Hall–Kier alpha value is -2.33. The van der Waals surface area contributed by atoms with Gasteiger partial charge in [0.25, 0.3) is 0 Å². The molecular weight excluding hydrogens is 332 g/mol. The van der Waals surface area contributed by atoms with Crippen LogP contribution in [-0.4, -0.2) is 34.1 Å². The van der Waals surface area contributed by atoms with Crippen molar-refractivity contribution in [3.63, 3.8) is 0 Å². The summed E-state index contributed by atoms with van der Waals surface area (Å²) >= 11 is 0. The van der Waals surface area contributed by atoms with Crippen LogP contribution in [0.1, 0.15) is 41.8 Å². The van der Waals surface area contributed by atoms with E-state index in [0.717, 1.165) is 36.5 Å². The van der Waals surface area contributed by atoms with Crippen molar-refractivity contribution in [3.05, 3.63) is 58.9 Å².